The standard InChI is InChI=1S/C13H16N2O3/c16-12(5-10-6-14-7-10)15-8-9-1-3-11(4-2-9)13(17)18/h1-4,10,14H,5-8H2,(H,15,16)(H,17,18). The van der Waals surface area contributed by atoms with Crippen molar-refractivity contribution in [2.24, 2.45) is 5.92 Å². The van der Waals surface area contributed by atoms with Gasteiger partial charge in [0.05, 0.1) is 5.56 Å². The number of rotatable bonds is 5. The van der Waals surface area contributed by atoms with Crippen LogP contribution in [-0.2, 0) is 11.3 Å². The Hall–Kier alpha value is -1.88. The fourth-order valence-electron chi connectivity index (χ4n) is 1.79. The SMILES string of the molecule is O=C(CC1CNC1)NCc1ccc(C(=O)O)cc1. The minimum atomic E-state index is -0.942. The van der Waals surface area contributed by atoms with E-state index < -0.39 is 5.97 Å². The Labute approximate surface area is 105 Å². The molecular weight excluding hydrogens is 232 g/mol. The molecular formula is C13H16N2O3. The zero-order chi connectivity index (χ0) is 13.0. The molecule has 0 spiro atoms. The van der Waals surface area contributed by atoms with E-state index >= 15 is 0 Å². The summed E-state index contributed by atoms with van der Waals surface area (Å²) in [5.41, 5.74) is 1.16. The van der Waals surface area contributed by atoms with Gasteiger partial charge in [-0.15, -0.1) is 0 Å². The monoisotopic (exact) mass is 248 g/mol. The molecule has 0 unspecified atom stereocenters. The maximum absolute atomic E-state index is 11.6. The van der Waals surface area contributed by atoms with Gasteiger partial charge in [-0.2, -0.15) is 0 Å². The Morgan fingerprint density at radius 1 is 1.28 bits per heavy atom. The number of carbonyl (C=O) groups excluding carboxylic acids is 1. The van der Waals surface area contributed by atoms with Crippen LogP contribution in [-0.4, -0.2) is 30.1 Å². The zero-order valence-corrected chi connectivity index (χ0v) is 9.98. The molecule has 0 atom stereocenters. The Morgan fingerprint density at radius 3 is 2.44 bits per heavy atom. The molecule has 0 radical (unpaired) electrons. The average Bonchev–Trinajstić information content (AvgIpc) is 2.32. The van der Waals surface area contributed by atoms with Crippen molar-refractivity contribution in [3.05, 3.63) is 35.4 Å². The lowest BCUT2D eigenvalue weighted by molar-refractivity contribution is -0.122. The highest BCUT2D eigenvalue weighted by atomic mass is 16.4. The molecule has 1 fully saturated rings. The van der Waals surface area contributed by atoms with Crippen LogP contribution in [0.1, 0.15) is 22.3 Å². The number of hydrogen-bond donors (Lipinski definition) is 3. The number of aromatic carboxylic acids is 1. The Kier molecular flexibility index (Phi) is 3.94. The van der Waals surface area contributed by atoms with E-state index in [-0.39, 0.29) is 11.5 Å². The predicted octanol–water partition coefficient (Wildman–Crippen LogP) is 0.610. The lowest BCUT2D eigenvalue weighted by atomic mass is 9.99. The van der Waals surface area contributed by atoms with Gasteiger partial charge < -0.3 is 15.7 Å². The lowest BCUT2D eigenvalue weighted by Crippen LogP contribution is -2.44. The molecule has 18 heavy (non-hydrogen) atoms. The van der Waals surface area contributed by atoms with E-state index in [9.17, 15) is 9.59 Å². The van der Waals surface area contributed by atoms with Crippen LogP contribution in [0.15, 0.2) is 24.3 Å². The van der Waals surface area contributed by atoms with E-state index in [4.69, 9.17) is 5.11 Å². The first-order chi connectivity index (χ1) is 8.65. The summed E-state index contributed by atoms with van der Waals surface area (Å²) < 4.78 is 0. The third-order valence-corrected chi connectivity index (χ3v) is 3.03. The summed E-state index contributed by atoms with van der Waals surface area (Å²) in [5, 5.41) is 14.7. The number of carbonyl (C=O) groups is 2. The second-order valence-corrected chi connectivity index (χ2v) is 4.51. The molecule has 96 valence electrons. The fourth-order valence-corrected chi connectivity index (χ4v) is 1.79. The first kappa shape index (κ1) is 12.6. The van der Waals surface area contributed by atoms with E-state index in [0.717, 1.165) is 18.7 Å². The van der Waals surface area contributed by atoms with E-state index in [0.29, 0.717) is 18.9 Å². The summed E-state index contributed by atoms with van der Waals surface area (Å²) in [6, 6.07) is 6.52. The number of amides is 1. The van der Waals surface area contributed by atoms with Crippen molar-refractivity contribution >= 4 is 11.9 Å². The Morgan fingerprint density at radius 2 is 1.94 bits per heavy atom. The van der Waals surface area contributed by atoms with Crippen molar-refractivity contribution in [3.8, 4) is 0 Å². The molecule has 1 amide bonds. The fraction of sp³-hybridized carbons (Fsp3) is 0.385. The summed E-state index contributed by atoms with van der Waals surface area (Å²) in [6.07, 6.45) is 0.556. The van der Waals surface area contributed by atoms with E-state index in [1.807, 2.05) is 0 Å². The molecule has 5 nitrogen and oxygen atoms in total. The Bertz CT molecular complexity index is 438. The van der Waals surface area contributed by atoms with Crippen LogP contribution in [0.3, 0.4) is 0 Å². The molecule has 0 bridgehead atoms. The van der Waals surface area contributed by atoms with Gasteiger partial charge in [-0.1, -0.05) is 12.1 Å². The van der Waals surface area contributed by atoms with Crippen LogP contribution < -0.4 is 10.6 Å². The lowest BCUT2D eigenvalue weighted by Gasteiger charge is -2.26. The van der Waals surface area contributed by atoms with E-state index in [2.05, 4.69) is 10.6 Å². The van der Waals surface area contributed by atoms with Gasteiger partial charge in [-0.3, -0.25) is 4.79 Å². The van der Waals surface area contributed by atoms with Crippen LogP contribution in [0.2, 0.25) is 0 Å². The largest absolute Gasteiger partial charge is 0.478 e. The number of benzene rings is 1. The van der Waals surface area contributed by atoms with Gasteiger partial charge in [0, 0.05) is 13.0 Å². The molecule has 3 N–H and O–H groups in total. The number of carboxylic acids is 1. The number of hydrogen-bond acceptors (Lipinski definition) is 3. The molecule has 1 aromatic rings. The number of carboxylic acid groups (broad SMARTS) is 1. The van der Waals surface area contributed by atoms with Crippen molar-refractivity contribution < 1.29 is 14.7 Å². The first-order valence-corrected chi connectivity index (χ1v) is 5.95. The summed E-state index contributed by atoms with van der Waals surface area (Å²) in [6.45, 7) is 2.28. The normalized spacial score (nSPS) is 14.9. The molecule has 2 rings (SSSR count). The van der Waals surface area contributed by atoms with Gasteiger partial charge >= 0.3 is 5.97 Å². The third-order valence-electron chi connectivity index (χ3n) is 3.03. The maximum Gasteiger partial charge on any atom is 0.335 e. The van der Waals surface area contributed by atoms with Crippen LogP contribution in [0.5, 0.6) is 0 Å². The van der Waals surface area contributed by atoms with Crippen molar-refractivity contribution in [3.63, 3.8) is 0 Å². The van der Waals surface area contributed by atoms with Gasteiger partial charge in [-0.05, 0) is 36.7 Å². The Balaban J connectivity index is 1.78. The highest BCUT2D eigenvalue weighted by Gasteiger charge is 2.19. The molecule has 1 saturated heterocycles. The van der Waals surface area contributed by atoms with Gasteiger partial charge in [-0.25, -0.2) is 4.79 Å². The average molecular weight is 248 g/mol. The minimum Gasteiger partial charge on any atom is -0.478 e. The second-order valence-electron chi connectivity index (χ2n) is 4.51. The van der Waals surface area contributed by atoms with Gasteiger partial charge in [0.1, 0.15) is 0 Å². The topological polar surface area (TPSA) is 78.4 Å². The quantitative estimate of drug-likeness (QED) is 0.713. The third kappa shape index (κ3) is 3.30. The highest BCUT2D eigenvalue weighted by Crippen LogP contribution is 2.08. The van der Waals surface area contributed by atoms with Crippen LogP contribution in [0.25, 0.3) is 0 Å². The summed E-state index contributed by atoms with van der Waals surface area (Å²) in [4.78, 5) is 22.2. The van der Waals surface area contributed by atoms with Gasteiger partial charge in [0.25, 0.3) is 0 Å². The van der Waals surface area contributed by atoms with Crippen LogP contribution >= 0.6 is 0 Å². The summed E-state index contributed by atoms with van der Waals surface area (Å²) >= 11 is 0. The summed E-state index contributed by atoms with van der Waals surface area (Å²) in [5.74, 6) is -0.439. The maximum atomic E-state index is 11.6. The smallest absolute Gasteiger partial charge is 0.335 e. The van der Waals surface area contributed by atoms with Gasteiger partial charge in [0.2, 0.25) is 5.91 Å². The molecule has 1 aromatic carbocycles. The molecule has 1 aliphatic rings. The summed E-state index contributed by atoms with van der Waals surface area (Å²) in [7, 11) is 0. The molecule has 0 saturated carbocycles. The molecule has 0 aliphatic carbocycles. The molecule has 1 heterocycles. The van der Waals surface area contributed by atoms with Gasteiger partial charge in [0.15, 0.2) is 0 Å². The first-order valence-electron chi connectivity index (χ1n) is 5.95. The van der Waals surface area contributed by atoms with E-state index in [1.165, 1.54) is 0 Å². The predicted molar refractivity (Wildman–Crippen MR) is 66.2 cm³/mol. The van der Waals surface area contributed by atoms with Crippen LogP contribution in [0.4, 0.5) is 0 Å². The number of nitrogens with one attached hydrogen (secondary N) is 2. The van der Waals surface area contributed by atoms with E-state index in [1.54, 1.807) is 24.3 Å². The zero-order valence-electron chi connectivity index (χ0n) is 9.98. The molecule has 0 aromatic heterocycles. The molecule has 5 heteroatoms. The van der Waals surface area contributed by atoms with Crippen molar-refractivity contribution in [1.82, 2.24) is 10.6 Å². The minimum absolute atomic E-state index is 0.0452. The second kappa shape index (κ2) is 5.64. The van der Waals surface area contributed by atoms with Crippen molar-refractivity contribution in [1.29, 1.82) is 0 Å². The molecule has 1 aliphatic heterocycles. The highest BCUT2D eigenvalue weighted by molar-refractivity contribution is 5.87. The van der Waals surface area contributed by atoms with Crippen molar-refractivity contribution in [2.75, 3.05) is 13.1 Å². The van der Waals surface area contributed by atoms with Crippen LogP contribution in [0, 0.1) is 5.92 Å². The van der Waals surface area contributed by atoms with Crippen molar-refractivity contribution in [2.45, 2.75) is 13.0 Å².